The van der Waals surface area contributed by atoms with E-state index in [0.717, 1.165) is 6.42 Å². The number of fused-ring (bicyclic) bond motifs is 1. The van der Waals surface area contributed by atoms with E-state index < -0.39 is 0 Å². The second-order valence-corrected chi connectivity index (χ2v) is 5.35. The van der Waals surface area contributed by atoms with E-state index in [4.69, 9.17) is 0 Å². The van der Waals surface area contributed by atoms with Gasteiger partial charge in [-0.25, -0.2) is 0 Å². The van der Waals surface area contributed by atoms with Gasteiger partial charge in [-0.15, -0.1) is 0 Å². The van der Waals surface area contributed by atoms with Gasteiger partial charge in [-0.05, 0) is 49.4 Å². The zero-order valence-corrected chi connectivity index (χ0v) is 11.2. The molecular weight excluding hydrogens is 218 g/mol. The predicted molar refractivity (Wildman–Crippen MR) is 77.2 cm³/mol. The SMILES string of the molecule is Cc1ccc(C2Cc3ccc(C)c(C)c3N2)cc1. The van der Waals surface area contributed by atoms with Crippen molar-refractivity contribution < 1.29 is 0 Å². The van der Waals surface area contributed by atoms with Gasteiger partial charge in [-0.3, -0.25) is 0 Å². The van der Waals surface area contributed by atoms with E-state index in [-0.39, 0.29) is 0 Å². The lowest BCUT2D eigenvalue weighted by atomic mass is 10.00. The Bertz CT molecular complexity index is 581. The van der Waals surface area contributed by atoms with Crippen LogP contribution >= 0.6 is 0 Å². The summed E-state index contributed by atoms with van der Waals surface area (Å²) in [6.07, 6.45) is 1.10. The third-order valence-electron chi connectivity index (χ3n) is 4.04. The topological polar surface area (TPSA) is 12.0 Å². The zero-order valence-electron chi connectivity index (χ0n) is 11.2. The molecule has 0 radical (unpaired) electrons. The smallest absolute Gasteiger partial charge is 0.0555 e. The molecule has 1 heterocycles. The minimum absolute atomic E-state index is 0.432. The predicted octanol–water partition coefficient (Wildman–Crippen LogP) is 4.32. The highest BCUT2D eigenvalue weighted by molar-refractivity contribution is 5.64. The van der Waals surface area contributed by atoms with Crippen molar-refractivity contribution in [1.29, 1.82) is 0 Å². The summed E-state index contributed by atoms with van der Waals surface area (Å²) in [5.41, 5.74) is 8.26. The standard InChI is InChI=1S/C17H19N/c1-11-4-7-14(8-5-11)16-10-15-9-6-12(2)13(3)17(15)18-16/h4-9,16,18H,10H2,1-3H3. The van der Waals surface area contributed by atoms with Crippen LogP contribution in [-0.4, -0.2) is 0 Å². The monoisotopic (exact) mass is 237 g/mol. The molecule has 18 heavy (non-hydrogen) atoms. The Morgan fingerprint density at radius 3 is 2.39 bits per heavy atom. The molecule has 0 saturated carbocycles. The Balaban J connectivity index is 1.93. The van der Waals surface area contributed by atoms with Crippen LogP contribution in [0.15, 0.2) is 36.4 Å². The van der Waals surface area contributed by atoms with Gasteiger partial charge in [0.2, 0.25) is 0 Å². The third kappa shape index (κ3) is 1.80. The van der Waals surface area contributed by atoms with Gasteiger partial charge < -0.3 is 5.32 Å². The molecule has 1 heteroatoms. The maximum absolute atomic E-state index is 3.68. The molecule has 92 valence electrons. The number of anilines is 1. The normalized spacial score (nSPS) is 17.4. The highest BCUT2D eigenvalue weighted by atomic mass is 15.0. The molecule has 0 saturated heterocycles. The Hall–Kier alpha value is -1.76. The summed E-state index contributed by atoms with van der Waals surface area (Å²) >= 11 is 0. The van der Waals surface area contributed by atoms with Crippen molar-refractivity contribution in [3.05, 3.63) is 64.2 Å². The van der Waals surface area contributed by atoms with Gasteiger partial charge in [-0.1, -0.05) is 42.0 Å². The first kappa shape index (κ1) is 11.3. The highest BCUT2D eigenvalue weighted by Crippen LogP contribution is 2.37. The minimum atomic E-state index is 0.432. The Morgan fingerprint density at radius 1 is 0.944 bits per heavy atom. The van der Waals surface area contributed by atoms with Crippen LogP contribution in [0.25, 0.3) is 0 Å². The van der Waals surface area contributed by atoms with E-state index in [9.17, 15) is 0 Å². The van der Waals surface area contributed by atoms with Crippen LogP contribution < -0.4 is 5.32 Å². The second kappa shape index (κ2) is 4.16. The van der Waals surface area contributed by atoms with Crippen LogP contribution in [0.3, 0.4) is 0 Å². The summed E-state index contributed by atoms with van der Waals surface area (Å²) in [6.45, 7) is 6.52. The maximum Gasteiger partial charge on any atom is 0.0555 e. The lowest BCUT2D eigenvalue weighted by Gasteiger charge is -2.13. The summed E-state index contributed by atoms with van der Waals surface area (Å²) in [6, 6.07) is 13.8. The molecule has 1 atom stereocenters. The number of hydrogen-bond acceptors (Lipinski definition) is 1. The van der Waals surface area contributed by atoms with Crippen molar-refractivity contribution in [3.63, 3.8) is 0 Å². The summed E-state index contributed by atoms with van der Waals surface area (Å²) in [4.78, 5) is 0. The Labute approximate surface area is 109 Å². The lowest BCUT2D eigenvalue weighted by Crippen LogP contribution is -2.05. The average Bonchev–Trinajstić information content (AvgIpc) is 2.80. The van der Waals surface area contributed by atoms with E-state index in [1.54, 1.807) is 0 Å². The van der Waals surface area contributed by atoms with E-state index in [0.29, 0.717) is 6.04 Å². The number of benzene rings is 2. The molecule has 0 bridgehead atoms. The fourth-order valence-corrected chi connectivity index (χ4v) is 2.69. The first-order chi connectivity index (χ1) is 8.65. The van der Waals surface area contributed by atoms with Crippen molar-refractivity contribution in [2.45, 2.75) is 33.2 Å². The summed E-state index contributed by atoms with van der Waals surface area (Å²) in [5, 5.41) is 3.68. The fraction of sp³-hybridized carbons (Fsp3) is 0.294. The molecule has 2 aromatic carbocycles. The van der Waals surface area contributed by atoms with Gasteiger partial charge in [0.05, 0.1) is 6.04 Å². The van der Waals surface area contributed by atoms with Crippen LogP contribution in [0.1, 0.15) is 33.9 Å². The van der Waals surface area contributed by atoms with Crippen LogP contribution in [-0.2, 0) is 6.42 Å². The summed E-state index contributed by atoms with van der Waals surface area (Å²) in [5.74, 6) is 0. The number of nitrogens with one attached hydrogen (secondary N) is 1. The molecule has 1 N–H and O–H groups in total. The number of rotatable bonds is 1. The molecule has 0 amide bonds. The van der Waals surface area contributed by atoms with E-state index in [2.05, 4.69) is 62.5 Å². The molecule has 0 aliphatic carbocycles. The molecule has 0 aromatic heterocycles. The van der Waals surface area contributed by atoms with Crippen LogP contribution in [0, 0.1) is 20.8 Å². The van der Waals surface area contributed by atoms with Crippen LogP contribution in [0.5, 0.6) is 0 Å². The largest absolute Gasteiger partial charge is 0.377 e. The van der Waals surface area contributed by atoms with Gasteiger partial charge in [0.15, 0.2) is 0 Å². The average molecular weight is 237 g/mol. The van der Waals surface area contributed by atoms with Gasteiger partial charge in [0, 0.05) is 5.69 Å². The van der Waals surface area contributed by atoms with Gasteiger partial charge in [0.1, 0.15) is 0 Å². The van der Waals surface area contributed by atoms with Gasteiger partial charge in [-0.2, -0.15) is 0 Å². The molecule has 1 nitrogen and oxygen atoms in total. The minimum Gasteiger partial charge on any atom is -0.377 e. The van der Waals surface area contributed by atoms with Crippen LogP contribution in [0.4, 0.5) is 5.69 Å². The molecule has 1 aliphatic heterocycles. The van der Waals surface area contributed by atoms with Crippen LogP contribution in [0.2, 0.25) is 0 Å². The molecular formula is C17H19N. The van der Waals surface area contributed by atoms with E-state index in [1.807, 2.05) is 0 Å². The van der Waals surface area contributed by atoms with Crippen molar-refractivity contribution in [2.24, 2.45) is 0 Å². The van der Waals surface area contributed by atoms with E-state index in [1.165, 1.54) is 33.5 Å². The lowest BCUT2D eigenvalue weighted by molar-refractivity contribution is 0.823. The first-order valence-electron chi connectivity index (χ1n) is 6.57. The zero-order chi connectivity index (χ0) is 12.7. The molecule has 0 spiro atoms. The fourth-order valence-electron chi connectivity index (χ4n) is 2.69. The van der Waals surface area contributed by atoms with Gasteiger partial charge >= 0.3 is 0 Å². The highest BCUT2D eigenvalue weighted by Gasteiger charge is 2.23. The first-order valence-corrected chi connectivity index (χ1v) is 6.57. The summed E-state index contributed by atoms with van der Waals surface area (Å²) < 4.78 is 0. The van der Waals surface area contributed by atoms with E-state index >= 15 is 0 Å². The second-order valence-electron chi connectivity index (χ2n) is 5.35. The Morgan fingerprint density at radius 2 is 1.67 bits per heavy atom. The van der Waals surface area contributed by atoms with Crippen molar-refractivity contribution in [1.82, 2.24) is 0 Å². The number of hydrogen-bond donors (Lipinski definition) is 1. The third-order valence-corrected chi connectivity index (χ3v) is 4.04. The van der Waals surface area contributed by atoms with Gasteiger partial charge in [0.25, 0.3) is 0 Å². The molecule has 0 fully saturated rings. The molecule has 2 aromatic rings. The molecule has 1 aliphatic rings. The molecule has 1 unspecified atom stereocenters. The maximum atomic E-state index is 3.68. The van der Waals surface area contributed by atoms with Crippen molar-refractivity contribution >= 4 is 5.69 Å². The quantitative estimate of drug-likeness (QED) is 0.778. The van der Waals surface area contributed by atoms with Crippen molar-refractivity contribution in [3.8, 4) is 0 Å². The summed E-state index contributed by atoms with van der Waals surface area (Å²) in [7, 11) is 0. The van der Waals surface area contributed by atoms with Crippen molar-refractivity contribution in [2.75, 3.05) is 5.32 Å². The molecule has 3 rings (SSSR count). The Kier molecular flexibility index (Phi) is 2.62. The number of aryl methyl sites for hydroxylation is 2.